The molecule has 3 aromatic rings. The van der Waals surface area contributed by atoms with Gasteiger partial charge in [-0.2, -0.15) is 0 Å². The van der Waals surface area contributed by atoms with Crippen LogP contribution in [-0.4, -0.2) is 15.0 Å². The summed E-state index contributed by atoms with van der Waals surface area (Å²) in [6, 6.07) is 11.5. The van der Waals surface area contributed by atoms with Crippen LogP contribution in [0.4, 0.5) is 0 Å². The van der Waals surface area contributed by atoms with Crippen molar-refractivity contribution < 1.29 is 4.42 Å². The molecule has 0 spiro atoms. The van der Waals surface area contributed by atoms with Gasteiger partial charge in [0.1, 0.15) is 5.69 Å². The van der Waals surface area contributed by atoms with Crippen molar-refractivity contribution in [2.45, 2.75) is 6.92 Å². The molecule has 0 fully saturated rings. The van der Waals surface area contributed by atoms with Crippen molar-refractivity contribution in [1.82, 2.24) is 15.0 Å². The second-order valence-electron chi connectivity index (χ2n) is 4.01. The molecule has 0 atom stereocenters. The number of rotatable bonds is 2. The fraction of sp³-hybridized carbons (Fsp3) is 0.0714. The molecule has 2 heterocycles. The molecule has 0 saturated heterocycles. The number of nitrogens with zero attached hydrogens (tertiary/aromatic N) is 3. The zero-order chi connectivity index (χ0) is 13.2. The molecule has 0 aliphatic carbocycles. The Labute approximate surface area is 115 Å². The number of halogens is 1. The van der Waals surface area contributed by atoms with Gasteiger partial charge in [-0.1, -0.05) is 18.2 Å². The smallest absolute Gasteiger partial charge is 0.227 e. The molecule has 0 unspecified atom stereocenters. The second-order valence-corrected chi connectivity index (χ2v) is 4.35. The van der Waals surface area contributed by atoms with Crippen LogP contribution in [0, 0.1) is 6.92 Å². The van der Waals surface area contributed by atoms with Gasteiger partial charge in [-0.25, -0.2) is 15.0 Å². The highest BCUT2D eigenvalue weighted by atomic mass is 35.5. The van der Waals surface area contributed by atoms with Crippen LogP contribution in [0.5, 0.6) is 0 Å². The predicted octanol–water partition coefficient (Wildman–Crippen LogP) is 3.76. The quantitative estimate of drug-likeness (QED) is 0.666. The highest BCUT2D eigenvalue weighted by Gasteiger charge is 2.14. The molecule has 19 heavy (non-hydrogen) atoms. The lowest BCUT2D eigenvalue weighted by atomic mass is 10.2. The van der Waals surface area contributed by atoms with E-state index in [-0.39, 0.29) is 5.28 Å². The first-order valence-electron chi connectivity index (χ1n) is 5.76. The lowest BCUT2D eigenvalue weighted by Gasteiger charge is -1.96. The average molecular weight is 272 g/mol. The van der Waals surface area contributed by atoms with E-state index < -0.39 is 0 Å². The van der Waals surface area contributed by atoms with Crippen LogP contribution in [0.1, 0.15) is 5.69 Å². The molecule has 0 aliphatic rings. The molecule has 0 N–H and O–H groups in total. The van der Waals surface area contributed by atoms with Gasteiger partial charge in [-0.05, 0) is 36.7 Å². The van der Waals surface area contributed by atoms with E-state index in [2.05, 4.69) is 15.0 Å². The van der Waals surface area contributed by atoms with Crippen LogP contribution < -0.4 is 0 Å². The lowest BCUT2D eigenvalue weighted by Crippen LogP contribution is -1.86. The predicted molar refractivity (Wildman–Crippen MR) is 72.7 cm³/mol. The molecule has 0 bridgehead atoms. The van der Waals surface area contributed by atoms with Gasteiger partial charge in [0, 0.05) is 11.8 Å². The largest absolute Gasteiger partial charge is 0.434 e. The molecule has 0 radical (unpaired) electrons. The van der Waals surface area contributed by atoms with E-state index in [4.69, 9.17) is 16.0 Å². The van der Waals surface area contributed by atoms with Crippen LogP contribution in [0.25, 0.3) is 22.9 Å². The molecule has 3 rings (SSSR count). The number of aromatic nitrogens is 3. The standard InChI is InChI=1S/C14H10ClN3O/c1-9-12(11-7-8-16-14(15)18-11)19-13(17-9)10-5-3-2-4-6-10/h2-8H,1H3. The zero-order valence-corrected chi connectivity index (χ0v) is 10.9. The first-order chi connectivity index (χ1) is 9.24. The van der Waals surface area contributed by atoms with Gasteiger partial charge >= 0.3 is 0 Å². The minimum Gasteiger partial charge on any atom is -0.434 e. The summed E-state index contributed by atoms with van der Waals surface area (Å²) in [6.45, 7) is 1.88. The molecular weight excluding hydrogens is 262 g/mol. The van der Waals surface area contributed by atoms with E-state index in [1.807, 2.05) is 37.3 Å². The number of oxazole rings is 1. The van der Waals surface area contributed by atoms with Crippen molar-refractivity contribution in [3.05, 3.63) is 53.6 Å². The Bertz CT molecular complexity index is 710. The van der Waals surface area contributed by atoms with E-state index in [0.717, 1.165) is 11.3 Å². The monoisotopic (exact) mass is 271 g/mol. The van der Waals surface area contributed by atoms with Crippen molar-refractivity contribution in [3.8, 4) is 22.9 Å². The van der Waals surface area contributed by atoms with Crippen molar-refractivity contribution in [3.63, 3.8) is 0 Å². The molecule has 5 heteroatoms. The Balaban J connectivity index is 2.08. The van der Waals surface area contributed by atoms with E-state index in [0.29, 0.717) is 17.3 Å². The summed E-state index contributed by atoms with van der Waals surface area (Å²) in [5, 5.41) is 0.189. The number of aryl methyl sites for hydroxylation is 1. The Morgan fingerprint density at radius 2 is 1.84 bits per heavy atom. The Hall–Kier alpha value is -2.20. The second kappa shape index (κ2) is 4.82. The third-order valence-electron chi connectivity index (χ3n) is 2.68. The zero-order valence-electron chi connectivity index (χ0n) is 10.2. The van der Waals surface area contributed by atoms with Crippen LogP contribution in [0.15, 0.2) is 47.0 Å². The van der Waals surface area contributed by atoms with Gasteiger partial charge in [0.2, 0.25) is 11.2 Å². The summed E-state index contributed by atoms with van der Waals surface area (Å²) in [5.41, 5.74) is 2.33. The molecule has 0 amide bonds. The van der Waals surface area contributed by atoms with Gasteiger partial charge in [0.05, 0.1) is 5.69 Å². The summed E-state index contributed by atoms with van der Waals surface area (Å²) in [7, 11) is 0. The third kappa shape index (κ3) is 2.35. The maximum absolute atomic E-state index is 5.79. The number of hydrogen-bond acceptors (Lipinski definition) is 4. The van der Waals surface area contributed by atoms with E-state index in [1.165, 1.54) is 0 Å². The topological polar surface area (TPSA) is 51.8 Å². The lowest BCUT2D eigenvalue weighted by molar-refractivity contribution is 0.585. The van der Waals surface area contributed by atoms with E-state index in [9.17, 15) is 0 Å². The van der Waals surface area contributed by atoms with E-state index >= 15 is 0 Å². The minimum absolute atomic E-state index is 0.189. The Morgan fingerprint density at radius 3 is 2.58 bits per heavy atom. The fourth-order valence-electron chi connectivity index (χ4n) is 1.80. The Kier molecular flexibility index (Phi) is 3.01. The Morgan fingerprint density at radius 1 is 1.05 bits per heavy atom. The SMILES string of the molecule is Cc1nc(-c2ccccc2)oc1-c1ccnc(Cl)n1. The van der Waals surface area contributed by atoms with Crippen LogP contribution in [0.2, 0.25) is 5.28 Å². The van der Waals surface area contributed by atoms with Crippen molar-refractivity contribution in [2.75, 3.05) is 0 Å². The molecule has 0 saturated carbocycles. The molecule has 0 aliphatic heterocycles. The third-order valence-corrected chi connectivity index (χ3v) is 2.86. The fourth-order valence-corrected chi connectivity index (χ4v) is 1.95. The van der Waals surface area contributed by atoms with Gasteiger partial charge in [-0.15, -0.1) is 0 Å². The summed E-state index contributed by atoms with van der Waals surface area (Å²) in [6.07, 6.45) is 1.59. The van der Waals surface area contributed by atoms with Gasteiger partial charge in [-0.3, -0.25) is 0 Å². The number of benzene rings is 1. The maximum atomic E-state index is 5.79. The molecule has 4 nitrogen and oxygen atoms in total. The van der Waals surface area contributed by atoms with Crippen molar-refractivity contribution >= 4 is 11.6 Å². The van der Waals surface area contributed by atoms with Gasteiger partial charge < -0.3 is 4.42 Å². The van der Waals surface area contributed by atoms with Crippen molar-refractivity contribution in [1.29, 1.82) is 0 Å². The van der Waals surface area contributed by atoms with Crippen LogP contribution in [-0.2, 0) is 0 Å². The van der Waals surface area contributed by atoms with Crippen LogP contribution >= 0.6 is 11.6 Å². The molecule has 1 aromatic carbocycles. The maximum Gasteiger partial charge on any atom is 0.227 e. The summed E-state index contributed by atoms with van der Waals surface area (Å²) >= 11 is 5.79. The summed E-state index contributed by atoms with van der Waals surface area (Å²) in [5.74, 6) is 1.19. The molecule has 94 valence electrons. The molecular formula is C14H10ClN3O. The van der Waals surface area contributed by atoms with Crippen molar-refractivity contribution in [2.24, 2.45) is 0 Å². The highest BCUT2D eigenvalue weighted by Crippen LogP contribution is 2.28. The summed E-state index contributed by atoms with van der Waals surface area (Å²) in [4.78, 5) is 12.4. The first kappa shape index (κ1) is 11.9. The van der Waals surface area contributed by atoms with Gasteiger partial charge in [0.25, 0.3) is 0 Å². The average Bonchev–Trinajstić information content (AvgIpc) is 2.82. The first-order valence-corrected chi connectivity index (χ1v) is 6.13. The highest BCUT2D eigenvalue weighted by molar-refractivity contribution is 6.28. The van der Waals surface area contributed by atoms with Crippen LogP contribution in [0.3, 0.4) is 0 Å². The number of hydrogen-bond donors (Lipinski definition) is 0. The minimum atomic E-state index is 0.189. The normalized spacial score (nSPS) is 10.6. The van der Waals surface area contributed by atoms with E-state index in [1.54, 1.807) is 12.3 Å². The molecule has 2 aromatic heterocycles. The summed E-state index contributed by atoms with van der Waals surface area (Å²) < 4.78 is 5.78. The van der Waals surface area contributed by atoms with Gasteiger partial charge in [0.15, 0.2) is 5.76 Å².